The third-order valence-corrected chi connectivity index (χ3v) is 7.37. The molecule has 1 atom stereocenters. The number of carbonyl (C=O) groups excluding carboxylic acids is 1. The number of cyclic esters (lactones) is 1. The van der Waals surface area contributed by atoms with Gasteiger partial charge in [0.2, 0.25) is 0 Å². The Bertz CT molecular complexity index is 1370. The number of fused-ring (bicyclic) bond motifs is 1. The minimum absolute atomic E-state index is 0.225. The molecule has 9 nitrogen and oxygen atoms in total. The first kappa shape index (κ1) is 21.9. The molecule has 0 bridgehead atoms. The number of amides is 1. The number of hydrogen-bond acceptors (Lipinski definition) is 6. The lowest BCUT2D eigenvalue weighted by atomic mass is 9.94. The molecule has 4 aromatic rings. The van der Waals surface area contributed by atoms with E-state index in [4.69, 9.17) is 14.2 Å². The second-order valence-electron chi connectivity index (χ2n) is 9.70. The predicted octanol–water partition coefficient (Wildman–Crippen LogP) is 5.63. The fraction of sp³-hybridized carbons (Fsp3) is 0.462. The highest BCUT2D eigenvalue weighted by atomic mass is 16.6. The zero-order valence-corrected chi connectivity index (χ0v) is 20.4. The molecule has 3 aromatic heterocycles. The Morgan fingerprint density at radius 1 is 1.09 bits per heavy atom. The Morgan fingerprint density at radius 2 is 1.91 bits per heavy atom. The van der Waals surface area contributed by atoms with Crippen molar-refractivity contribution in [2.75, 3.05) is 11.5 Å². The molecule has 1 aromatic carbocycles. The van der Waals surface area contributed by atoms with Crippen molar-refractivity contribution < 1.29 is 14.1 Å². The summed E-state index contributed by atoms with van der Waals surface area (Å²) in [6, 6.07) is 6.56. The number of benzene rings is 1. The molecule has 2 aliphatic rings. The van der Waals surface area contributed by atoms with E-state index in [1.807, 2.05) is 27.1 Å². The molecule has 1 aliphatic carbocycles. The van der Waals surface area contributed by atoms with Crippen LogP contribution in [-0.4, -0.2) is 37.2 Å². The van der Waals surface area contributed by atoms with Crippen molar-refractivity contribution in [2.24, 2.45) is 7.05 Å². The summed E-state index contributed by atoms with van der Waals surface area (Å²) in [6.45, 7) is 4.27. The van der Waals surface area contributed by atoms with Gasteiger partial charge in [-0.3, -0.25) is 9.58 Å². The Labute approximate surface area is 203 Å². The molecule has 0 N–H and O–H groups in total. The van der Waals surface area contributed by atoms with Crippen LogP contribution in [0.5, 0.6) is 0 Å². The van der Waals surface area contributed by atoms with Gasteiger partial charge in [-0.2, -0.15) is 5.10 Å². The number of anilines is 1. The maximum atomic E-state index is 13.0. The lowest BCUT2D eigenvalue weighted by Crippen LogP contribution is -2.42. The zero-order chi connectivity index (χ0) is 24.1. The summed E-state index contributed by atoms with van der Waals surface area (Å²) < 4.78 is 15.0. The van der Waals surface area contributed by atoms with Crippen molar-refractivity contribution in [3.8, 4) is 11.1 Å². The Morgan fingerprint density at radius 3 is 2.63 bits per heavy atom. The molecule has 4 heterocycles. The normalized spacial score (nSPS) is 19.5. The SMILES string of the molecule is Cc1noc(C)c1-c1ccc2c(c1)nc([C@@H]1CCOC(=O)N1c1cnn(C)c1)n2C1CCCCC1. The van der Waals surface area contributed by atoms with E-state index in [0.717, 1.165) is 58.0 Å². The van der Waals surface area contributed by atoms with E-state index in [1.165, 1.54) is 19.3 Å². The molecule has 1 saturated heterocycles. The summed E-state index contributed by atoms with van der Waals surface area (Å²) in [4.78, 5) is 19.9. The van der Waals surface area contributed by atoms with Crippen LogP contribution in [0.1, 0.15) is 67.9 Å². The lowest BCUT2D eigenvalue weighted by molar-refractivity contribution is 0.127. The van der Waals surface area contributed by atoms with Crippen LogP contribution in [0.3, 0.4) is 0 Å². The van der Waals surface area contributed by atoms with Crippen LogP contribution in [-0.2, 0) is 11.8 Å². The number of nitrogens with zero attached hydrogens (tertiary/aromatic N) is 6. The molecule has 0 spiro atoms. The van der Waals surface area contributed by atoms with Gasteiger partial charge in [0, 0.05) is 31.3 Å². The molecule has 182 valence electrons. The minimum Gasteiger partial charge on any atom is -0.449 e. The van der Waals surface area contributed by atoms with Gasteiger partial charge in [-0.15, -0.1) is 0 Å². The van der Waals surface area contributed by atoms with Crippen molar-refractivity contribution >= 4 is 22.8 Å². The minimum atomic E-state index is -0.354. The summed E-state index contributed by atoms with van der Waals surface area (Å²) in [7, 11) is 1.85. The van der Waals surface area contributed by atoms with Gasteiger partial charge in [-0.05, 0) is 44.4 Å². The van der Waals surface area contributed by atoms with Gasteiger partial charge >= 0.3 is 6.09 Å². The molecule has 35 heavy (non-hydrogen) atoms. The van der Waals surface area contributed by atoms with Gasteiger partial charge in [0.25, 0.3) is 0 Å². The Balaban J connectivity index is 1.52. The summed E-state index contributed by atoms with van der Waals surface area (Å²) in [6.07, 6.45) is 9.81. The van der Waals surface area contributed by atoms with E-state index >= 15 is 0 Å². The van der Waals surface area contributed by atoms with Gasteiger partial charge in [-0.1, -0.05) is 30.5 Å². The van der Waals surface area contributed by atoms with E-state index < -0.39 is 0 Å². The summed E-state index contributed by atoms with van der Waals surface area (Å²) in [5, 5.41) is 8.42. The van der Waals surface area contributed by atoms with Crippen molar-refractivity contribution in [3.05, 3.63) is 47.9 Å². The molecule has 2 fully saturated rings. The van der Waals surface area contributed by atoms with Crippen molar-refractivity contribution in [1.29, 1.82) is 0 Å². The highest BCUT2D eigenvalue weighted by molar-refractivity contribution is 5.89. The smallest absolute Gasteiger partial charge is 0.415 e. The van der Waals surface area contributed by atoms with E-state index in [-0.39, 0.29) is 12.1 Å². The molecular formula is C26H30N6O3. The average Bonchev–Trinajstić information content (AvgIpc) is 3.55. The topological polar surface area (TPSA) is 91.2 Å². The molecule has 1 saturated carbocycles. The highest BCUT2D eigenvalue weighted by Crippen LogP contribution is 2.40. The maximum Gasteiger partial charge on any atom is 0.415 e. The monoisotopic (exact) mass is 474 g/mol. The third kappa shape index (κ3) is 3.69. The third-order valence-electron chi connectivity index (χ3n) is 7.37. The zero-order valence-electron chi connectivity index (χ0n) is 20.4. The number of ether oxygens (including phenoxy) is 1. The number of carbonyl (C=O) groups is 1. The van der Waals surface area contributed by atoms with Gasteiger partial charge in [0.15, 0.2) is 0 Å². The molecule has 9 heteroatoms. The molecule has 6 rings (SSSR count). The van der Waals surface area contributed by atoms with Gasteiger partial charge < -0.3 is 13.8 Å². The number of aryl methyl sites for hydroxylation is 3. The van der Waals surface area contributed by atoms with Gasteiger partial charge in [0.05, 0.1) is 35.2 Å². The first-order valence-electron chi connectivity index (χ1n) is 12.4. The second kappa shape index (κ2) is 8.55. The Kier molecular flexibility index (Phi) is 5.35. The van der Waals surface area contributed by atoms with Crippen LogP contribution in [0.4, 0.5) is 10.5 Å². The molecule has 0 unspecified atom stereocenters. The maximum absolute atomic E-state index is 13.0. The summed E-state index contributed by atoms with van der Waals surface area (Å²) in [5.74, 6) is 1.72. The summed E-state index contributed by atoms with van der Waals surface area (Å²) >= 11 is 0. The van der Waals surface area contributed by atoms with E-state index in [1.54, 1.807) is 15.8 Å². The van der Waals surface area contributed by atoms with Gasteiger partial charge in [0.1, 0.15) is 17.6 Å². The predicted molar refractivity (Wildman–Crippen MR) is 131 cm³/mol. The largest absolute Gasteiger partial charge is 0.449 e. The van der Waals surface area contributed by atoms with Crippen LogP contribution in [0.15, 0.2) is 35.1 Å². The molecule has 1 amide bonds. The first-order valence-corrected chi connectivity index (χ1v) is 12.4. The van der Waals surface area contributed by atoms with Crippen LogP contribution in [0.2, 0.25) is 0 Å². The van der Waals surface area contributed by atoms with Crippen LogP contribution < -0.4 is 4.90 Å². The van der Waals surface area contributed by atoms with Crippen molar-refractivity contribution in [3.63, 3.8) is 0 Å². The van der Waals surface area contributed by atoms with Crippen LogP contribution in [0.25, 0.3) is 22.2 Å². The first-order chi connectivity index (χ1) is 17.0. The number of rotatable bonds is 4. The highest BCUT2D eigenvalue weighted by Gasteiger charge is 2.37. The molecule has 1 aliphatic heterocycles. The van der Waals surface area contributed by atoms with Crippen LogP contribution >= 0.6 is 0 Å². The number of aromatic nitrogens is 5. The quantitative estimate of drug-likeness (QED) is 0.380. The standard InChI is InChI=1S/C26H30N6O3/c1-16-24(17(2)35-29-16)18-9-10-22-21(13-18)28-25(31(22)19-7-5-4-6-8-19)23-11-12-34-26(33)32(23)20-14-27-30(3)15-20/h9-10,13-15,19,23H,4-8,11-12H2,1-3H3/t23-/m0/s1. The molecule has 0 radical (unpaired) electrons. The number of imidazole rings is 1. The van der Waals surface area contributed by atoms with Crippen LogP contribution in [0, 0.1) is 13.8 Å². The van der Waals surface area contributed by atoms with E-state index in [9.17, 15) is 4.79 Å². The van der Waals surface area contributed by atoms with E-state index in [2.05, 4.69) is 33.0 Å². The average molecular weight is 475 g/mol. The summed E-state index contributed by atoms with van der Waals surface area (Å²) in [5.41, 5.74) is 5.67. The van der Waals surface area contributed by atoms with E-state index in [0.29, 0.717) is 19.1 Å². The van der Waals surface area contributed by atoms with Crippen molar-refractivity contribution in [1.82, 2.24) is 24.5 Å². The fourth-order valence-corrected chi connectivity index (χ4v) is 5.77. The molecular weight excluding hydrogens is 444 g/mol. The van der Waals surface area contributed by atoms with Crippen molar-refractivity contribution in [2.45, 2.75) is 64.5 Å². The fourth-order valence-electron chi connectivity index (χ4n) is 5.77. The number of hydrogen-bond donors (Lipinski definition) is 0. The second-order valence-corrected chi connectivity index (χ2v) is 9.70. The van der Waals surface area contributed by atoms with Gasteiger partial charge in [-0.25, -0.2) is 9.78 Å². The Hall–Kier alpha value is -3.62. The lowest BCUT2D eigenvalue weighted by Gasteiger charge is -2.35.